The van der Waals surface area contributed by atoms with Crippen LogP contribution >= 0.6 is 0 Å². The summed E-state index contributed by atoms with van der Waals surface area (Å²) in [6.07, 6.45) is 1.50. The minimum absolute atomic E-state index is 0.0355. The van der Waals surface area contributed by atoms with Crippen molar-refractivity contribution in [2.75, 3.05) is 6.54 Å². The van der Waals surface area contributed by atoms with Crippen molar-refractivity contribution in [2.45, 2.75) is 26.9 Å². The van der Waals surface area contributed by atoms with Gasteiger partial charge in [0.1, 0.15) is 6.54 Å². The van der Waals surface area contributed by atoms with Crippen molar-refractivity contribution >= 4 is 28.5 Å². The largest absolute Gasteiger partial charge is 0.368 e. The number of amides is 2. The van der Waals surface area contributed by atoms with Gasteiger partial charge in [0.05, 0.1) is 10.9 Å². The Bertz CT molecular complexity index is 1250. The third kappa shape index (κ3) is 3.68. The number of fused-ring (bicyclic) bond motifs is 3. The fourth-order valence-corrected chi connectivity index (χ4v) is 3.00. The summed E-state index contributed by atoms with van der Waals surface area (Å²) in [6.45, 7) is 7.74. The van der Waals surface area contributed by atoms with E-state index in [0.717, 1.165) is 4.68 Å². The monoisotopic (exact) mass is 398 g/mol. The number of allylic oxidation sites excluding steroid dienone is 1. The van der Waals surface area contributed by atoms with Crippen LogP contribution in [0.3, 0.4) is 0 Å². The molecule has 3 N–H and O–H groups in total. The van der Waals surface area contributed by atoms with E-state index < -0.39 is 23.7 Å². The molecule has 152 valence electrons. The van der Waals surface area contributed by atoms with Crippen molar-refractivity contribution < 1.29 is 9.59 Å². The van der Waals surface area contributed by atoms with Crippen molar-refractivity contribution in [1.82, 2.24) is 24.1 Å². The van der Waals surface area contributed by atoms with Gasteiger partial charge in [-0.05, 0) is 24.1 Å². The standard InChI is InChI=1S/C19H22N6O4/c1-4-7-23-17(28)13-6-5-12(16(27)21-9-11(2)3)8-14(13)25-18(23)22-24(19(25)29)10-15(20)26/h4-6,8,11H,1,7,9-10H2,2-3H3,(H2,20,26)(H,21,27). The zero-order valence-corrected chi connectivity index (χ0v) is 16.2. The van der Waals surface area contributed by atoms with Crippen LogP contribution < -0.4 is 22.3 Å². The van der Waals surface area contributed by atoms with E-state index in [9.17, 15) is 19.2 Å². The molecule has 0 saturated heterocycles. The molecule has 1 aromatic carbocycles. The van der Waals surface area contributed by atoms with E-state index >= 15 is 0 Å². The maximum absolute atomic E-state index is 12.9. The van der Waals surface area contributed by atoms with Crippen LogP contribution in [0.5, 0.6) is 0 Å². The highest BCUT2D eigenvalue weighted by Crippen LogP contribution is 2.14. The third-order valence-electron chi connectivity index (χ3n) is 4.33. The number of aromatic nitrogens is 4. The molecule has 0 atom stereocenters. The number of rotatable bonds is 7. The maximum atomic E-state index is 12.9. The lowest BCUT2D eigenvalue weighted by Crippen LogP contribution is -2.30. The molecule has 10 heteroatoms. The number of hydrogen-bond acceptors (Lipinski definition) is 5. The van der Waals surface area contributed by atoms with Crippen LogP contribution in [0.15, 0.2) is 40.4 Å². The highest BCUT2D eigenvalue weighted by Gasteiger charge is 2.19. The van der Waals surface area contributed by atoms with Crippen LogP contribution in [0.4, 0.5) is 0 Å². The molecule has 3 aromatic rings. The smallest absolute Gasteiger partial charge is 0.352 e. The topological polar surface area (TPSA) is 133 Å². The Hall–Kier alpha value is -3.69. The molecule has 0 aliphatic carbocycles. The maximum Gasteiger partial charge on any atom is 0.352 e. The zero-order chi connectivity index (χ0) is 21.3. The van der Waals surface area contributed by atoms with Gasteiger partial charge >= 0.3 is 5.69 Å². The summed E-state index contributed by atoms with van der Waals surface area (Å²) in [5.41, 5.74) is 4.69. The highest BCUT2D eigenvalue weighted by atomic mass is 16.2. The van der Waals surface area contributed by atoms with Crippen LogP contribution in [0.2, 0.25) is 0 Å². The van der Waals surface area contributed by atoms with Crippen molar-refractivity contribution in [3.63, 3.8) is 0 Å². The molecule has 2 heterocycles. The molecule has 2 aromatic heterocycles. The lowest BCUT2D eigenvalue weighted by molar-refractivity contribution is -0.118. The molecule has 0 saturated carbocycles. The molecule has 0 bridgehead atoms. The SMILES string of the molecule is C=CCn1c(=O)c2ccc(C(=O)NCC(C)C)cc2n2c(=O)n(CC(N)=O)nc12. The first kappa shape index (κ1) is 20.1. The molecular formula is C19H22N6O4. The van der Waals surface area contributed by atoms with Crippen LogP contribution in [0, 0.1) is 5.92 Å². The fraction of sp³-hybridized carbons (Fsp3) is 0.316. The summed E-state index contributed by atoms with van der Waals surface area (Å²) >= 11 is 0. The normalized spacial score (nSPS) is 11.3. The lowest BCUT2D eigenvalue weighted by atomic mass is 10.1. The van der Waals surface area contributed by atoms with Crippen molar-refractivity contribution in [2.24, 2.45) is 11.7 Å². The number of benzene rings is 1. The molecule has 0 unspecified atom stereocenters. The molecule has 0 fully saturated rings. The Balaban J connectivity index is 2.31. The van der Waals surface area contributed by atoms with E-state index in [1.165, 1.54) is 33.2 Å². The van der Waals surface area contributed by atoms with Crippen LogP contribution in [0.25, 0.3) is 16.7 Å². The highest BCUT2D eigenvalue weighted by molar-refractivity contribution is 5.98. The predicted octanol–water partition coefficient (Wildman–Crippen LogP) is -0.132. The summed E-state index contributed by atoms with van der Waals surface area (Å²) in [4.78, 5) is 49.5. The first-order valence-corrected chi connectivity index (χ1v) is 9.08. The van der Waals surface area contributed by atoms with E-state index in [-0.39, 0.29) is 35.1 Å². The van der Waals surface area contributed by atoms with Crippen molar-refractivity contribution in [3.8, 4) is 0 Å². The van der Waals surface area contributed by atoms with Gasteiger partial charge in [0, 0.05) is 18.7 Å². The second-order valence-corrected chi connectivity index (χ2v) is 7.08. The molecule has 0 aliphatic rings. The summed E-state index contributed by atoms with van der Waals surface area (Å²) in [6, 6.07) is 4.50. The van der Waals surface area contributed by atoms with Gasteiger partial charge in [0.15, 0.2) is 0 Å². The molecule has 10 nitrogen and oxygen atoms in total. The Kier molecular flexibility index (Phi) is 5.35. The van der Waals surface area contributed by atoms with Crippen LogP contribution in [-0.4, -0.2) is 37.1 Å². The van der Waals surface area contributed by atoms with E-state index in [2.05, 4.69) is 17.0 Å². The van der Waals surface area contributed by atoms with Crippen LogP contribution in [0.1, 0.15) is 24.2 Å². The average molecular weight is 398 g/mol. The third-order valence-corrected chi connectivity index (χ3v) is 4.33. The van der Waals surface area contributed by atoms with Gasteiger partial charge in [0.25, 0.3) is 11.5 Å². The average Bonchev–Trinajstić information content (AvgIpc) is 2.98. The molecule has 0 spiro atoms. The Morgan fingerprint density at radius 3 is 2.66 bits per heavy atom. The first-order valence-electron chi connectivity index (χ1n) is 9.08. The van der Waals surface area contributed by atoms with E-state index in [4.69, 9.17) is 5.73 Å². The van der Waals surface area contributed by atoms with Crippen molar-refractivity contribution in [1.29, 1.82) is 0 Å². The number of primary amides is 1. The summed E-state index contributed by atoms with van der Waals surface area (Å²) in [5, 5.41) is 7.13. The van der Waals surface area contributed by atoms with E-state index in [1.54, 1.807) is 0 Å². The predicted molar refractivity (Wildman–Crippen MR) is 108 cm³/mol. The minimum Gasteiger partial charge on any atom is -0.368 e. The minimum atomic E-state index is -0.744. The first-order chi connectivity index (χ1) is 13.7. The van der Waals surface area contributed by atoms with Gasteiger partial charge in [-0.15, -0.1) is 11.7 Å². The molecule has 2 amide bonds. The molecular weight excluding hydrogens is 376 g/mol. The summed E-state index contributed by atoms with van der Waals surface area (Å²) < 4.78 is 3.36. The Morgan fingerprint density at radius 2 is 2.03 bits per heavy atom. The molecule has 3 rings (SSSR count). The quantitative estimate of drug-likeness (QED) is 0.535. The van der Waals surface area contributed by atoms with Crippen molar-refractivity contribution in [3.05, 3.63) is 57.3 Å². The number of nitrogens with zero attached hydrogens (tertiary/aromatic N) is 4. The van der Waals surface area contributed by atoms with Gasteiger partial charge in [-0.1, -0.05) is 19.9 Å². The van der Waals surface area contributed by atoms with Gasteiger partial charge < -0.3 is 11.1 Å². The Morgan fingerprint density at radius 1 is 1.31 bits per heavy atom. The number of carbonyl (C=O) groups excluding carboxylic acids is 2. The summed E-state index contributed by atoms with van der Waals surface area (Å²) in [5.74, 6) is -0.756. The fourth-order valence-electron chi connectivity index (χ4n) is 3.00. The van der Waals surface area contributed by atoms with Gasteiger partial charge in [-0.2, -0.15) is 0 Å². The van der Waals surface area contributed by atoms with E-state index in [1.807, 2.05) is 13.8 Å². The number of hydrogen-bond donors (Lipinski definition) is 2. The number of nitrogens with one attached hydrogen (secondary N) is 1. The van der Waals surface area contributed by atoms with Gasteiger partial charge in [-0.25, -0.2) is 13.9 Å². The zero-order valence-electron chi connectivity index (χ0n) is 16.2. The van der Waals surface area contributed by atoms with Crippen LogP contribution in [-0.2, 0) is 17.9 Å². The Labute approximate surface area is 165 Å². The van der Waals surface area contributed by atoms with Gasteiger partial charge in [-0.3, -0.25) is 19.0 Å². The summed E-state index contributed by atoms with van der Waals surface area (Å²) in [7, 11) is 0. The molecule has 29 heavy (non-hydrogen) atoms. The second-order valence-electron chi connectivity index (χ2n) is 7.08. The van der Waals surface area contributed by atoms with Gasteiger partial charge in [0.2, 0.25) is 11.7 Å². The second kappa shape index (κ2) is 7.74. The molecule has 0 radical (unpaired) electrons. The van der Waals surface area contributed by atoms with E-state index in [0.29, 0.717) is 12.1 Å². The molecule has 0 aliphatic heterocycles. The number of nitrogens with two attached hydrogens (primary N) is 1. The lowest BCUT2D eigenvalue weighted by Gasteiger charge is -2.10. The number of carbonyl (C=O) groups is 2.